The summed E-state index contributed by atoms with van der Waals surface area (Å²) in [6.07, 6.45) is 0.366. The van der Waals surface area contributed by atoms with E-state index >= 15 is 0 Å². The van der Waals surface area contributed by atoms with Crippen molar-refractivity contribution in [2.45, 2.75) is 36.3 Å². The maximum absolute atomic E-state index is 12.7. The maximum Gasteiger partial charge on any atom is 0.501 e. The van der Waals surface area contributed by atoms with Crippen LogP contribution in [0.2, 0.25) is 0 Å². The number of aryl methyl sites for hydroxylation is 1. The SMILES string of the molecule is O=C(Cc1ccc(S(=O)(=O)C(F)(F)F)cc1)Nc1nc(-c2sc(CO)nc2CCC(=O)N2CCOCC2)cs1. The van der Waals surface area contributed by atoms with Crippen molar-refractivity contribution in [1.82, 2.24) is 14.9 Å². The number of halogens is 3. The second-order valence-electron chi connectivity index (χ2n) is 8.39. The first-order chi connectivity index (χ1) is 18.5. The van der Waals surface area contributed by atoms with Crippen molar-refractivity contribution in [2.75, 3.05) is 31.6 Å². The minimum absolute atomic E-state index is 0.0157. The van der Waals surface area contributed by atoms with Gasteiger partial charge in [0.2, 0.25) is 11.8 Å². The normalized spacial score (nSPS) is 14.4. The zero-order valence-corrected chi connectivity index (χ0v) is 22.7. The highest BCUT2D eigenvalue weighted by atomic mass is 32.2. The van der Waals surface area contributed by atoms with Crippen LogP contribution in [0, 0.1) is 0 Å². The highest BCUT2D eigenvalue weighted by Crippen LogP contribution is 2.34. The van der Waals surface area contributed by atoms with Crippen LogP contribution in [-0.2, 0) is 43.6 Å². The Morgan fingerprint density at radius 3 is 2.46 bits per heavy atom. The number of nitrogens with zero attached hydrogens (tertiary/aromatic N) is 3. The molecule has 1 fully saturated rings. The highest BCUT2D eigenvalue weighted by Gasteiger charge is 2.46. The lowest BCUT2D eigenvalue weighted by atomic mass is 10.1. The number of aliphatic hydroxyl groups excluding tert-OH is 1. The molecule has 3 aromatic rings. The molecule has 39 heavy (non-hydrogen) atoms. The minimum atomic E-state index is -5.47. The lowest BCUT2D eigenvalue weighted by molar-refractivity contribution is -0.135. The summed E-state index contributed by atoms with van der Waals surface area (Å²) in [4.78, 5) is 35.4. The van der Waals surface area contributed by atoms with Gasteiger partial charge >= 0.3 is 5.51 Å². The molecule has 2 N–H and O–H groups in total. The van der Waals surface area contributed by atoms with Crippen molar-refractivity contribution in [2.24, 2.45) is 0 Å². The molecule has 0 spiro atoms. The number of alkyl halides is 3. The Morgan fingerprint density at radius 2 is 1.82 bits per heavy atom. The predicted octanol–water partition coefficient (Wildman–Crippen LogP) is 3.03. The fraction of sp³-hybridized carbons (Fsp3) is 0.391. The van der Waals surface area contributed by atoms with E-state index in [1.54, 1.807) is 10.3 Å². The van der Waals surface area contributed by atoms with E-state index in [2.05, 4.69) is 15.3 Å². The number of carbonyl (C=O) groups excluding carboxylic acids is 2. The van der Waals surface area contributed by atoms with Crippen LogP contribution in [0.3, 0.4) is 0 Å². The Kier molecular flexibility index (Phi) is 9.00. The van der Waals surface area contributed by atoms with Crippen LogP contribution in [0.5, 0.6) is 0 Å². The molecule has 1 aliphatic heterocycles. The molecule has 1 aliphatic rings. The topological polar surface area (TPSA) is 139 Å². The van der Waals surface area contributed by atoms with Crippen molar-refractivity contribution in [3.05, 3.63) is 45.9 Å². The van der Waals surface area contributed by atoms with E-state index in [4.69, 9.17) is 4.74 Å². The van der Waals surface area contributed by atoms with Gasteiger partial charge in [0.1, 0.15) is 5.01 Å². The molecule has 16 heteroatoms. The quantitative estimate of drug-likeness (QED) is 0.380. The van der Waals surface area contributed by atoms with Crippen LogP contribution in [0.1, 0.15) is 22.7 Å². The van der Waals surface area contributed by atoms with Crippen LogP contribution in [-0.4, -0.2) is 72.0 Å². The average Bonchev–Trinajstić information content (AvgIpc) is 3.54. The number of thiazole rings is 2. The summed E-state index contributed by atoms with van der Waals surface area (Å²) in [6.45, 7) is 1.81. The number of amides is 2. The third kappa shape index (κ3) is 7.00. The Labute approximate surface area is 229 Å². The van der Waals surface area contributed by atoms with Gasteiger partial charge < -0.3 is 20.1 Å². The summed E-state index contributed by atoms with van der Waals surface area (Å²) >= 11 is 2.38. The standard InChI is InChI=1S/C23H23F3N4O6S3/c24-23(25,26)39(34,35)15-3-1-14(2-4-15)11-18(32)29-22-28-17(13-37-22)21-16(27-19(12-31)38-21)5-6-20(33)30-7-9-36-10-8-30/h1-4,13,31H,5-12H2,(H,28,29,32). The van der Waals surface area contributed by atoms with Gasteiger partial charge in [-0.3, -0.25) is 9.59 Å². The first kappa shape index (κ1) is 29.1. The largest absolute Gasteiger partial charge is 0.501 e. The molecule has 2 amide bonds. The third-order valence-electron chi connectivity index (χ3n) is 5.70. The van der Waals surface area contributed by atoms with E-state index in [1.807, 2.05) is 0 Å². The van der Waals surface area contributed by atoms with Crippen LogP contribution in [0.4, 0.5) is 18.3 Å². The van der Waals surface area contributed by atoms with Gasteiger partial charge in [0.25, 0.3) is 9.84 Å². The van der Waals surface area contributed by atoms with Gasteiger partial charge in [-0.25, -0.2) is 18.4 Å². The highest BCUT2D eigenvalue weighted by molar-refractivity contribution is 7.92. The fourth-order valence-corrected chi connectivity index (χ4v) is 6.22. The Balaban J connectivity index is 1.39. The van der Waals surface area contributed by atoms with Crippen LogP contribution < -0.4 is 5.32 Å². The fourth-order valence-electron chi connectivity index (χ4n) is 3.74. The number of ether oxygens (including phenoxy) is 1. The number of nitrogens with one attached hydrogen (secondary N) is 1. The molecule has 1 aromatic carbocycles. The third-order valence-corrected chi connectivity index (χ3v) is 9.07. The Hall–Kier alpha value is -2.92. The van der Waals surface area contributed by atoms with Gasteiger partial charge in [0, 0.05) is 24.9 Å². The summed E-state index contributed by atoms with van der Waals surface area (Å²) in [5.41, 5.74) is -3.97. The number of aliphatic hydroxyl groups is 1. The Bertz CT molecular complexity index is 1430. The van der Waals surface area contributed by atoms with Crippen LogP contribution >= 0.6 is 22.7 Å². The van der Waals surface area contributed by atoms with Crippen LogP contribution in [0.25, 0.3) is 10.6 Å². The van der Waals surface area contributed by atoms with Crippen molar-refractivity contribution >= 4 is 49.5 Å². The molecular formula is C23H23F3N4O6S3. The number of hydrogen-bond acceptors (Lipinski definition) is 10. The zero-order valence-electron chi connectivity index (χ0n) is 20.2. The van der Waals surface area contributed by atoms with E-state index in [0.717, 1.165) is 35.6 Å². The first-order valence-electron chi connectivity index (χ1n) is 11.6. The number of rotatable bonds is 9. The molecule has 0 saturated carbocycles. The number of morpholine rings is 1. The second-order valence-corrected chi connectivity index (χ2v) is 12.3. The average molecular weight is 605 g/mol. The van der Waals surface area contributed by atoms with Gasteiger partial charge in [-0.15, -0.1) is 22.7 Å². The molecule has 2 aromatic heterocycles. The molecule has 0 atom stereocenters. The molecule has 0 bridgehead atoms. The van der Waals surface area contributed by atoms with Gasteiger partial charge in [0.05, 0.1) is 47.4 Å². The molecule has 3 heterocycles. The van der Waals surface area contributed by atoms with E-state index < -0.39 is 26.1 Å². The summed E-state index contributed by atoms with van der Waals surface area (Å²) in [5, 5.41) is 14.6. The van der Waals surface area contributed by atoms with Crippen molar-refractivity contribution in [3.63, 3.8) is 0 Å². The monoisotopic (exact) mass is 604 g/mol. The van der Waals surface area contributed by atoms with Gasteiger partial charge in [-0.2, -0.15) is 13.2 Å². The lowest BCUT2D eigenvalue weighted by Gasteiger charge is -2.26. The number of anilines is 1. The van der Waals surface area contributed by atoms with E-state index in [-0.39, 0.29) is 30.5 Å². The number of carbonyl (C=O) groups is 2. The summed E-state index contributed by atoms with van der Waals surface area (Å²) < 4.78 is 66.4. The zero-order chi connectivity index (χ0) is 28.2. The van der Waals surface area contributed by atoms with Gasteiger partial charge in [-0.05, 0) is 24.1 Å². The van der Waals surface area contributed by atoms with Crippen LogP contribution in [0.15, 0.2) is 34.5 Å². The van der Waals surface area contributed by atoms with Crippen molar-refractivity contribution < 1.29 is 41.0 Å². The molecule has 1 saturated heterocycles. The molecular weight excluding hydrogens is 581 g/mol. The second kappa shape index (κ2) is 12.1. The summed E-state index contributed by atoms with van der Waals surface area (Å²) in [7, 11) is -5.47. The summed E-state index contributed by atoms with van der Waals surface area (Å²) in [5.74, 6) is -0.517. The van der Waals surface area contributed by atoms with E-state index in [1.165, 1.54) is 11.3 Å². The number of aromatic nitrogens is 2. The molecule has 210 valence electrons. The smallest absolute Gasteiger partial charge is 0.389 e. The Morgan fingerprint density at radius 1 is 1.13 bits per heavy atom. The molecule has 0 radical (unpaired) electrons. The molecule has 4 rings (SSSR count). The van der Waals surface area contributed by atoms with E-state index in [9.17, 15) is 36.3 Å². The number of benzene rings is 1. The lowest BCUT2D eigenvalue weighted by Crippen LogP contribution is -2.40. The van der Waals surface area contributed by atoms with E-state index in [0.29, 0.717) is 59.6 Å². The first-order valence-corrected chi connectivity index (χ1v) is 14.8. The number of sulfone groups is 1. The molecule has 0 unspecified atom stereocenters. The predicted molar refractivity (Wildman–Crippen MR) is 137 cm³/mol. The maximum atomic E-state index is 12.7. The minimum Gasteiger partial charge on any atom is -0.389 e. The molecule has 10 nitrogen and oxygen atoms in total. The van der Waals surface area contributed by atoms with Gasteiger partial charge in [0.15, 0.2) is 5.13 Å². The van der Waals surface area contributed by atoms with Crippen molar-refractivity contribution in [1.29, 1.82) is 0 Å². The molecule has 0 aliphatic carbocycles. The van der Waals surface area contributed by atoms with Gasteiger partial charge in [-0.1, -0.05) is 12.1 Å². The van der Waals surface area contributed by atoms with Crippen molar-refractivity contribution in [3.8, 4) is 10.6 Å². The summed E-state index contributed by atoms with van der Waals surface area (Å²) in [6, 6.07) is 3.90. The number of hydrogen-bond donors (Lipinski definition) is 2.